The Hall–Kier alpha value is -2.31. The fourth-order valence-electron chi connectivity index (χ4n) is 2.26. The quantitative estimate of drug-likeness (QED) is 0.708. The number of phenolic OH excluding ortho intramolecular Hbond substituents is 1. The molecule has 0 aliphatic carbocycles. The highest BCUT2D eigenvalue weighted by Gasteiger charge is 2.09. The molecule has 0 saturated carbocycles. The maximum absolute atomic E-state index is 10.9. The third-order valence-electron chi connectivity index (χ3n) is 3.02. The lowest BCUT2D eigenvalue weighted by Crippen LogP contribution is -2.18. The first kappa shape index (κ1) is 12.7. The normalized spacial score (nSPS) is 11.8. The van der Waals surface area contributed by atoms with E-state index >= 15 is 0 Å². The summed E-state index contributed by atoms with van der Waals surface area (Å²) in [6, 6.07) is 13.8. The van der Waals surface area contributed by atoms with E-state index in [4.69, 9.17) is 5.14 Å². The maximum Gasteiger partial charge on any atom is 0.380 e. The van der Waals surface area contributed by atoms with Crippen LogP contribution >= 0.6 is 0 Å². The molecule has 0 saturated heterocycles. The van der Waals surface area contributed by atoms with E-state index in [9.17, 15) is 13.5 Å². The fraction of sp³-hybridized carbons (Fsp3) is 0. The first-order valence-electron chi connectivity index (χ1n) is 5.81. The molecule has 20 heavy (non-hydrogen) atoms. The highest BCUT2D eigenvalue weighted by molar-refractivity contribution is 7.84. The summed E-state index contributed by atoms with van der Waals surface area (Å²) in [6.45, 7) is 0. The summed E-state index contributed by atoms with van der Waals surface area (Å²) in [7, 11) is -4.06. The predicted molar refractivity (Wildman–Crippen MR) is 76.9 cm³/mol. The molecule has 0 aromatic heterocycles. The topological polar surface area (TPSA) is 89.6 Å². The van der Waals surface area contributed by atoms with Crippen molar-refractivity contribution in [1.82, 2.24) is 0 Å². The van der Waals surface area contributed by atoms with E-state index in [1.165, 1.54) is 12.1 Å². The molecule has 0 amide bonds. The van der Waals surface area contributed by atoms with Crippen LogP contribution < -0.4 is 9.32 Å². The Morgan fingerprint density at radius 1 is 0.950 bits per heavy atom. The summed E-state index contributed by atoms with van der Waals surface area (Å²) in [5, 5.41) is 18.0. The van der Waals surface area contributed by atoms with Gasteiger partial charge in [-0.1, -0.05) is 30.3 Å². The Labute approximate surface area is 115 Å². The van der Waals surface area contributed by atoms with Crippen LogP contribution in [0.15, 0.2) is 48.5 Å². The van der Waals surface area contributed by atoms with Gasteiger partial charge in [0.25, 0.3) is 0 Å². The van der Waals surface area contributed by atoms with Crippen molar-refractivity contribution >= 4 is 31.8 Å². The van der Waals surface area contributed by atoms with Crippen LogP contribution in [0, 0.1) is 0 Å². The molecule has 0 aliphatic heterocycles. The molecule has 0 heterocycles. The van der Waals surface area contributed by atoms with Gasteiger partial charge in [-0.25, -0.2) is 0 Å². The van der Waals surface area contributed by atoms with Gasteiger partial charge in [-0.2, -0.15) is 13.6 Å². The van der Waals surface area contributed by atoms with Crippen LogP contribution in [0.4, 0.5) is 0 Å². The molecular formula is C14H11NO4S. The molecule has 102 valence electrons. The molecular weight excluding hydrogens is 278 g/mol. The molecule has 5 nitrogen and oxygen atoms in total. The molecule has 0 unspecified atom stereocenters. The Kier molecular flexibility index (Phi) is 2.77. The van der Waals surface area contributed by atoms with E-state index in [-0.39, 0.29) is 11.5 Å². The third-order valence-corrected chi connectivity index (χ3v) is 3.45. The molecule has 3 aromatic carbocycles. The van der Waals surface area contributed by atoms with Gasteiger partial charge in [-0.15, -0.1) is 0 Å². The SMILES string of the molecule is NS(=O)(=O)Oc1ccc2c(c1)cc(O)c1ccccc12. The average molecular weight is 289 g/mol. The molecule has 0 bridgehead atoms. The lowest BCUT2D eigenvalue weighted by molar-refractivity contribution is 0.482. The van der Waals surface area contributed by atoms with E-state index in [0.717, 1.165) is 16.2 Å². The molecule has 3 rings (SSSR count). The minimum absolute atomic E-state index is 0.106. The van der Waals surface area contributed by atoms with Gasteiger partial charge in [0.15, 0.2) is 0 Å². The van der Waals surface area contributed by atoms with Crippen molar-refractivity contribution in [3.05, 3.63) is 48.5 Å². The number of hydrogen-bond donors (Lipinski definition) is 2. The largest absolute Gasteiger partial charge is 0.507 e. The van der Waals surface area contributed by atoms with E-state index in [1.54, 1.807) is 12.1 Å². The smallest absolute Gasteiger partial charge is 0.380 e. The van der Waals surface area contributed by atoms with E-state index < -0.39 is 10.3 Å². The standard InChI is InChI=1S/C14H11NO4S/c15-20(17,18)19-10-5-6-11-9(7-10)8-14(16)13-4-2-1-3-12(11)13/h1-8,16H,(H2,15,17,18). The van der Waals surface area contributed by atoms with Crippen LogP contribution in [0.5, 0.6) is 11.5 Å². The minimum Gasteiger partial charge on any atom is -0.507 e. The zero-order chi connectivity index (χ0) is 14.3. The molecule has 3 aromatic rings. The maximum atomic E-state index is 10.9. The van der Waals surface area contributed by atoms with Crippen LogP contribution in [-0.2, 0) is 10.3 Å². The van der Waals surface area contributed by atoms with Crippen molar-refractivity contribution in [3.8, 4) is 11.5 Å². The Morgan fingerprint density at radius 2 is 1.65 bits per heavy atom. The van der Waals surface area contributed by atoms with Crippen LogP contribution in [-0.4, -0.2) is 13.5 Å². The minimum atomic E-state index is -4.06. The fourth-order valence-corrected chi connectivity index (χ4v) is 2.63. The van der Waals surface area contributed by atoms with Gasteiger partial charge in [0.1, 0.15) is 11.5 Å². The van der Waals surface area contributed by atoms with Gasteiger partial charge >= 0.3 is 10.3 Å². The summed E-state index contributed by atoms with van der Waals surface area (Å²) >= 11 is 0. The second kappa shape index (κ2) is 4.36. The van der Waals surface area contributed by atoms with Gasteiger partial charge in [-0.05, 0) is 34.4 Å². The van der Waals surface area contributed by atoms with E-state index in [2.05, 4.69) is 4.18 Å². The number of nitrogens with two attached hydrogens (primary N) is 1. The van der Waals surface area contributed by atoms with Crippen molar-refractivity contribution in [2.75, 3.05) is 0 Å². The summed E-state index contributed by atoms with van der Waals surface area (Å²) in [5.41, 5.74) is 0. The van der Waals surface area contributed by atoms with E-state index in [1.807, 2.05) is 24.3 Å². The summed E-state index contributed by atoms with van der Waals surface area (Å²) < 4.78 is 26.5. The summed E-state index contributed by atoms with van der Waals surface area (Å²) in [4.78, 5) is 0. The van der Waals surface area contributed by atoms with Crippen molar-refractivity contribution in [1.29, 1.82) is 0 Å². The first-order chi connectivity index (χ1) is 9.44. The molecule has 3 N–H and O–H groups in total. The van der Waals surface area contributed by atoms with Gasteiger partial charge < -0.3 is 9.29 Å². The third kappa shape index (κ3) is 2.26. The van der Waals surface area contributed by atoms with Crippen molar-refractivity contribution in [2.24, 2.45) is 5.14 Å². The summed E-state index contributed by atoms with van der Waals surface area (Å²) in [6.07, 6.45) is 0. The summed E-state index contributed by atoms with van der Waals surface area (Å²) in [5.74, 6) is 0.232. The van der Waals surface area contributed by atoms with Crippen LogP contribution in [0.25, 0.3) is 21.5 Å². The first-order valence-corrected chi connectivity index (χ1v) is 7.28. The molecule has 0 aliphatic rings. The number of fused-ring (bicyclic) bond motifs is 3. The van der Waals surface area contributed by atoms with Gasteiger partial charge in [-0.3, -0.25) is 0 Å². The van der Waals surface area contributed by atoms with Crippen molar-refractivity contribution < 1.29 is 17.7 Å². The molecule has 6 heteroatoms. The number of phenols is 1. The van der Waals surface area contributed by atoms with Gasteiger partial charge in [0, 0.05) is 5.39 Å². The van der Waals surface area contributed by atoms with Crippen molar-refractivity contribution in [2.45, 2.75) is 0 Å². The zero-order valence-corrected chi connectivity index (χ0v) is 11.1. The molecule has 0 atom stereocenters. The monoisotopic (exact) mass is 289 g/mol. The van der Waals surface area contributed by atoms with Crippen LogP contribution in [0.1, 0.15) is 0 Å². The highest BCUT2D eigenvalue weighted by atomic mass is 32.2. The number of hydrogen-bond acceptors (Lipinski definition) is 4. The number of benzene rings is 3. The van der Waals surface area contributed by atoms with Gasteiger partial charge in [0.05, 0.1) is 0 Å². The number of rotatable bonds is 2. The number of aromatic hydroxyl groups is 1. The Balaban J connectivity index is 2.28. The molecule has 0 radical (unpaired) electrons. The lowest BCUT2D eigenvalue weighted by atomic mass is 10.0. The van der Waals surface area contributed by atoms with Gasteiger partial charge in [0.2, 0.25) is 0 Å². The zero-order valence-electron chi connectivity index (χ0n) is 10.3. The highest BCUT2D eigenvalue weighted by Crippen LogP contribution is 2.34. The average Bonchev–Trinajstić information content (AvgIpc) is 2.37. The van der Waals surface area contributed by atoms with E-state index in [0.29, 0.717) is 5.39 Å². The lowest BCUT2D eigenvalue weighted by Gasteiger charge is -2.08. The predicted octanol–water partition coefficient (Wildman–Crippen LogP) is 2.28. The van der Waals surface area contributed by atoms with Crippen molar-refractivity contribution in [3.63, 3.8) is 0 Å². The molecule has 0 fully saturated rings. The second-order valence-electron chi connectivity index (χ2n) is 4.40. The molecule has 0 spiro atoms. The van der Waals surface area contributed by atoms with Crippen LogP contribution in [0.2, 0.25) is 0 Å². The van der Waals surface area contributed by atoms with Crippen LogP contribution in [0.3, 0.4) is 0 Å². The Morgan fingerprint density at radius 3 is 2.35 bits per heavy atom. The Bertz CT molecular complexity index is 919. The second-order valence-corrected chi connectivity index (χ2v) is 5.55.